The molecular weight excluding hydrogens is 390 g/mol. The predicted octanol–water partition coefficient (Wildman–Crippen LogP) is 4.78. The van der Waals surface area contributed by atoms with Crippen molar-refractivity contribution in [3.8, 4) is 0 Å². The molecule has 1 saturated carbocycles. The number of carbonyl (C=O) groups excluding carboxylic acids is 1. The fraction of sp³-hybridized carbons (Fsp3) is 0.667. The maximum atomic E-state index is 13.1. The Kier molecular flexibility index (Phi) is 6.54. The Labute approximate surface area is 175 Å². The van der Waals surface area contributed by atoms with Crippen LogP contribution in [0.25, 0.3) is 10.2 Å². The molecule has 2 heterocycles. The van der Waals surface area contributed by atoms with E-state index in [0.29, 0.717) is 17.0 Å². The summed E-state index contributed by atoms with van der Waals surface area (Å²) in [6, 6.07) is 0.341. The molecule has 154 valence electrons. The minimum Gasteiger partial charge on any atom is -0.342 e. The highest BCUT2D eigenvalue weighted by Crippen LogP contribution is 2.30. The van der Waals surface area contributed by atoms with E-state index in [1.807, 2.05) is 39.6 Å². The van der Waals surface area contributed by atoms with Crippen LogP contribution in [0.4, 0.5) is 0 Å². The number of amides is 1. The second-order valence-electron chi connectivity index (χ2n) is 8.33. The van der Waals surface area contributed by atoms with Gasteiger partial charge in [-0.15, -0.1) is 11.3 Å². The number of rotatable bonds is 5. The first-order valence-corrected chi connectivity index (χ1v) is 11.9. The van der Waals surface area contributed by atoms with Gasteiger partial charge in [0.2, 0.25) is 5.91 Å². The zero-order valence-electron chi connectivity index (χ0n) is 17.7. The molecule has 1 aliphatic rings. The van der Waals surface area contributed by atoms with Crippen molar-refractivity contribution >= 4 is 39.2 Å². The fourth-order valence-corrected chi connectivity index (χ4v) is 6.03. The number of hydrogen-bond donors (Lipinski definition) is 0. The summed E-state index contributed by atoms with van der Waals surface area (Å²) >= 11 is 2.95. The highest BCUT2D eigenvalue weighted by atomic mass is 32.2. The van der Waals surface area contributed by atoms with Crippen LogP contribution in [0.5, 0.6) is 0 Å². The van der Waals surface area contributed by atoms with Crippen LogP contribution in [0, 0.1) is 19.8 Å². The Bertz CT molecular complexity index is 924. The van der Waals surface area contributed by atoms with Gasteiger partial charge in [-0.05, 0) is 64.9 Å². The summed E-state index contributed by atoms with van der Waals surface area (Å²) in [5.74, 6) is 1.20. The van der Waals surface area contributed by atoms with Crippen LogP contribution in [0.15, 0.2) is 9.95 Å². The van der Waals surface area contributed by atoms with Gasteiger partial charge in [-0.1, -0.05) is 18.7 Å². The van der Waals surface area contributed by atoms with Crippen molar-refractivity contribution in [3.05, 3.63) is 20.8 Å². The molecule has 5 nitrogen and oxygen atoms in total. The van der Waals surface area contributed by atoms with E-state index in [2.05, 4.69) is 6.92 Å². The van der Waals surface area contributed by atoms with Gasteiger partial charge in [0, 0.05) is 24.0 Å². The third-order valence-electron chi connectivity index (χ3n) is 5.97. The van der Waals surface area contributed by atoms with E-state index in [0.717, 1.165) is 39.4 Å². The van der Waals surface area contributed by atoms with E-state index >= 15 is 0 Å². The van der Waals surface area contributed by atoms with Crippen LogP contribution in [0.1, 0.15) is 62.9 Å². The van der Waals surface area contributed by atoms with Crippen molar-refractivity contribution in [2.24, 2.45) is 5.92 Å². The number of carbonyl (C=O) groups is 1. The SMILES string of the molecule is Cc1sc2nc(SCC(=O)N(C)C3CCC(C)CC3)n(C(C)C)c(=O)c2c1C. The van der Waals surface area contributed by atoms with Gasteiger partial charge in [-0.3, -0.25) is 14.2 Å². The molecule has 0 radical (unpaired) electrons. The summed E-state index contributed by atoms with van der Waals surface area (Å²) in [5, 5.41) is 1.37. The van der Waals surface area contributed by atoms with E-state index in [1.54, 1.807) is 15.9 Å². The molecular formula is C21H31N3O2S2. The molecule has 0 atom stereocenters. The lowest BCUT2D eigenvalue weighted by molar-refractivity contribution is -0.129. The summed E-state index contributed by atoms with van der Waals surface area (Å²) in [6.45, 7) is 10.3. The van der Waals surface area contributed by atoms with E-state index in [4.69, 9.17) is 4.98 Å². The first kappa shape index (κ1) is 21.4. The van der Waals surface area contributed by atoms with Crippen molar-refractivity contribution in [2.75, 3.05) is 12.8 Å². The average molecular weight is 422 g/mol. The number of hydrogen-bond acceptors (Lipinski definition) is 5. The summed E-state index contributed by atoms with van der Waals surface area (Å²) in [6.07, 6.45) is 4.56. The maximum absolute atomic E-state index is 13.1. The van der Waals surface area contributed by atoms with Crippen LogP contribution in [0.2, 0.25) is 0 Å². The maximum Gasteiger partial charge on any atom is 0.263 e. The van der Waals surface area contributed by atoms with Gasteiger partial charge >= 0.3 is 0 Å². The molecule has 1 aliphatic carbocycles. The Balaban J connectivity index is 1.81. The largest absolute Gasteiger partial charge is 0.342 e. The first-order chi connectivity index (χ1) is 13.2. The molecule has 3 rings (SSSR count). The van der Waals surface area contributed by atoms with E-state index < -0.39 is 0 Å². The topological polar surface area (TPSA) is 55.2 Å². The molecule has 0 spiro atoms. The predicted molar refractivity (Wildman–Crippen MR) is 119 cm³/mol. The smallest absolute Gasteiger partial charge is 0.263 e. The molecule has 1 fully saturated rings. The van der Waals surface area contributed by atoms with Crippen molar-refractivity contribution in [1.82, 2.24) is 14.5 Å². The van der Waals surface area contributed by atoms with E-state index in [-0.39, 0.29) is 17.5 Å². The lowest BCUT2D eigenvalue weighted by Crippen LogP contribution is -2.40. The molecule has 0 aliphatic heterocycles. The van der Waals surface area contributed by atoms with E-state index in [1.165, 1.54) is 24.6 Å². The van der Waals surface area contributed by atoms with Crippen LogP contribution in [-0.4, -0.2) is 39.2 Å². The molecule has 7 heteroatoms. The molecule has 0 aromatic carbocycles. The van der Waals surface area contributed by atoms with Crippen molar-refractivity contribution in [3.63, 3.8) is 0 Å². The normalized spacial score (nSPS) is 20.1. The molecule has 28 heavy (non-hydrogen) atoms. The summed E-state index contributed by atoms with van der Waals surface area (Å²) in [7, 11) is 1.92. The van der Waals surface area contributed by atoms with Crippen LogP contribution in [0.3, 0.4) is 0 Å². The highest BCUT2D eigenvalue weighted by molar-refractivity contribution is 7.99. The lowest BCUT2D eigenvalue weighted by Gasteiger charge is -2.33. The third kappa shape index (κ3) is 4.15. The highest BCUT2D eigenvalue weighted by Gasteiger charge is 2.25. The zero-order chi connectivity index (χ0) is 20.6. The van der Waals surface area contributed by atoms with Gasteiger partial charge in [0.05, 0.1) is 11.1 Å². The second kappa shape index (κ2) is 8.57. The van der Waals surface area contributed by atoms with Gasteiger partial charge in [-0.25, -0.2) is 4.98 Å². The molecule has 0 saturated heterocycles. The van der Waals surface area contributed by atoms with Gasteiger partial charge in [0.25, 0.3) is 5.56 Å². The fourth-order valence-electron chi connectivity index (χ4n) is 3.91. The average Bonchev–Trinajstić information content (AvgIpc) is 2.93. The van der Waals surface area contributed by atoms with Gasteiger partial charge in [0.1, 0.15) is 4.83 Å². The van der Waals surface area contributed by atoms with Crippen molar-refractivity contribution < 1.29 is 4.79 Å². The second-order valence-corrected chi connectivity index (χ2v) is 10.5. The Morgan fingerprint density at radius 1 is 1.29 bits per heavy atom. The number of aryl methyl sites for hydroxylation is 2. The first-order valence-electron chi connectivity index (χ1n) is 10.1. The molecule has 2 aromatic heterocycles. The Morgan fingerprint density at radius 3 is 2.54 bits per heavy atom. The van der Waals surface area contributed by atoms with Gasteiger partial charge in [-0.2, -0.15) is 0 Å². The zero-order valence-corrected chi connectivity index (χ0v) is 19.4. The summed E-state index contributed by atoms with van der Waals surface area (Å²) in [4.78, 5) is 34.5. The quantitative estimate of drug-likeness (QED) is 0.515. The van der Waals surface area contributed by atoms with Crippen LogP contribution < -0.4 is 5.56 Å². The number of thiophene rings is 1. The van der Waals surface area contributed by atoms with Crippen LogP contribution in [-0.2, 0) is 4.79 Å². The summed E-state index contributed by atoms with van der Waals surface area (Å²) < 4.78 is 1.74. The number of nitrogens with zero attached hydrogens (tertiary/aromatic N) is 3. The van der Waals surface area contributed by atoms with Crippen LogP contribution >= 0.6 is 23.1 Å². The monoisotopic (exact) mass is 421 g/mol. The van der Waals surface area contributed by atoms with Crippen molar-refractivity contribution in [1.29, 1.82) is 0 Å². The lowest BCUT2D eigenvalue weighted by atomic mass is 9.87. The van der Waals surface area contributed by atoms with Gasteiger partial charge < -0.3 is 4.90 Å². The van der Waals surface area contributed by atoms with E-state index in [9.17, 15) is 9.59 Å². The minimum absolute atomic E-state index is 0.000769. The molecule has 1 amide bonds. The number of fused-ring (bicyclic) bond motifs is 1. The molecule has 2 aromatic rings. The number of thioether (sulfide) groups is 1. The Hall–Kier alpha value is -1.34. The summed E-state index contributed by atoms with van der Waals surface area (Å²) in [5.41, 5.74) is 1.03. The molecule has 0 N–H and O–H groups in total. The standard InChI is InChI=1S/C21H31N3O2S2/c1-12(2)24-20(26)18-14(4)15(5)28-19(18)22-21(24)27-11-17(25)23(6)16-9-7-13(3)8-10-16/h12-13,16H,7-11H2,1-6H3. The number of aromatic nitrogens is 2. The minimum atomic E-state index is -0.000769. The van der Waals surface area contributed by atoms with Gasteiger partial charge in [0.15, 0.2) is 5.16 Å². The Morgan fingerprint density at radius 2 is 1.93 bits per heavy atom. The third-order valence-corrected chi connectivity index (χ3v) is 8.01. The molecule has 0 unspecified atom stereocenters. The molecule has 0 bridgehead atoms. The van der Waals surface area contributed by atoms with Crippen molar-refractivity contribution in [2.45, 2.75) is 77.5 Å².